The van der Waals surface area contributed by atoms with E-state index in [4.69, 9.17) is 0 Å². The van der Waals surface area contributed by atoms with Crippen molar-refractivity contribution in [2.45, 2.75) is 84.7 Å². The number of Topliss-reactive ketones (excluding diaryl/α,β-unsaturated/α-hetero) is 2. The number of nitrogens with zero attached hydrogens (tertiary/aromatic N) is 5. The molecule has 0 saturated heterocycles. The highest BCUT2D eigenvalue weighted by Gasteiger charge is 2.30. The molecule has 40 heavy (non-hydrogen) atoms. The SMILES string of the molecule is CCN(c1c(C)c(C(=O)CCC2=C(C)C=C(C)CC2=O)cc2c1cnn2C)C1CCC(N(C)CCN(C)C)CC1. The first kappa shape index (κ1) is 30.2. The maximum absolute atomic E-state index is 13.7. The third-order valence-corrected chi connectivity index (χ3v) is 9.16. The molecule has 1 aromatic heterocycles. The molecule has 2 aromatic rings. The van der Waals surface area contributed by atoms with Crippen LogP contribution in [0.25, 0.3) is 10.9 Å². The van der Waals surface area contributed by atoms with E-state index < -0.39 is 0 Å². The number of fused-ring (bicyclic) bond motifs is 1. The number of benzene rings is 1. The van der Waals surface area contributed by atoms with Crippen LogP contribution in [-0.2, 0) is 11.8 Å². The van der Waals surface area contributed by atoms with Crippen molar-refractivity contribution in [2.75, 3.05) is 45.7 Å². The second-order valence-electron chi connectivity index (χ2n) is 12.3. The number of aromatic nitrogens is 2. The average molecular weight is 548 g/mol. The Balaban J connectivity index is 1.58. The molecule has 2 aliphatic carbocycles. The van der Waals surface area contributed by atoms with Crippen molar-refractivity contribution in [1.82, 2.24) is 19.6 Å². The molecular formula is C33H49N5O2. The average Bonchev–Trinajstić information content (AvgIpc) is 3.28. The predicted octanol–water partition coefficient (Wildman–Crippen LogP) is 5.71. The lowest BCUT2D eigenvalue weighted by molar-refractivity contribution is -0.115. The van der Waals surface area contributed by atoms with Gasteiger partial charge in [0.25, 0.3) is 0 Å². The van der Waals surface area contributed by atoms with Crippen LogP contribution in [0.1, 0.15) is 81.6 Å². The molecule has 0 amide bonds. The van der Waals surface area contributed by atoms with Crippen molar-refractivity contribution in [1.29, 1.82) is 0 Å². The second-order valence-corrected chi connectivity index (χ2v) is 12.3. The Labute approximate surface area is 240 Å². The molecule has 1 heterocycles. The molecule has 2 aliphatic rings. The molecule has 0 spiro atoms. The van der Waals surface area contributed by atoms with Gasteiger partial charge in [0, 0.05) is 62.6 Å². The zero-order valence-corrected chi connectivity index (χ0v) is 26.0. The standard InChI is InChI=1S/C33H49N5O2/c1-9-38(26-12-10-25(11-13-26)36(7)17-16-35(5)6)33-24(4)28(20-30-29(33)21-34-37(30)8)31(39)15-14-27-23(3)18-22(2)19-32(27)40/h18,20-21,25-26H,9-17,19H2,1-8H3. The summed E-state index contributed by atoms with van der Waals surface area (Å²) < 4.78 is 1.88. The van der Waals surface area contributed by atoms with Crippen molar-refractivity contribution in [3.05, 3.63) is 46.2 Å². The number of rotatable bonds is 11. The van der Waals surface area contributed by atoms with Gasteiger partial charge in [-0.05, 0) is 104 Å². The molecule has 0 aliphatic heterocycles. The Hall–Kier alpha value is -2.77. The fraction of sp³-hybridized carbons (Fsp3) is 0.606. The normalized spacial score (nSPS) is 20.1. The summed E-state index contributed by atoms with van der Waals surface area (Å²) in [5.74, 6) is 0.258. The summed E-state index contributed by atoms with van der Waals surface area (Å²) in [4.78, 5) is 33.7. The van der Waals surface area contributed by atoms with Crippen molar-refractivity contribution in [2.24, 2.45) is 7.05 Å². The summed E-state index contributed by atoms with van der Waals surface area (Å²) in [6, 6.07) is 3.09. The van der Waals surface area contributed by atoms with Crippen LogP contribution < -0.4 is 4.90 Å². The lowest BCUT2D eigenvalue weighted by Gasteiger charge is -2.41. The van der Waals surface area contributed by atoms with Gasteiger partial charge in [0.1, 0.15) is 0 Å². The lowest BCUT2D eigenvalue weighted by atomic mass is 9.87. The Bertz CT molecular complexity index is 1310. The molecule has 7 nitrogen and oxygen atoms in total. The van der Waals surface area contributed by atoms with Gasteiger partial charge in [-0.1, -0.05) is 11.6 Å². The summed E-state index contributed by atoms with van der Waals surface area (Å²) in [6.07, 6.45) is 10.0. The third-order valence-electron chi connectivity index (χ3n) is 9.16. The Morgan fingerprint density at radius 2 is 1.73 bits per heavy atom. The summed E-state index contributed by atoms with van der Waals surface area (Å²) in [7, 11) is 8.48. The van der Waals surface area contributed by atoms with E-state index in [-0.39, 0.29) is 11.6 Å². The molecule has 0 unspecified atom stereocenters. The highest BCUT2D eigenvalue weighted by Crippen LogP contribution is 2.38. The number of likely N-dealkylation sites (N-methyl/N-ethyl adjacent to an activating group) is 2. The predicted molar refractivity (Wildman–Crippen MR) is 165 cm³/mol. The number of allylic oxidation sites excluding steroid dienone is 4. The molecule has 1 saturated carbocycles. The quantitative estimate of drug-likeness (QED) is 0.336. The number of ketones is 2. The van der Waals surface area contributed by atoms with Gasteiger partial charge in [-0.3, -0.25) is 14.3 Å². The minimum atomic E-state index is 0.100. The number of carbonyl (C=O) groups is 2. The first-order valence-corrected chi connectivity index (χ1v) is 15.0. The molecule has 218 valence electrons. The maximum Gasteiger partial charge on any atom is 0.163 e. The Morgan fingerprint density at radius 1 is 1.05 bits per heavy atom. The van der Waals surface area contributed by atoms with Gasteiger partial charge in [-0.2, -0.15) is 5.10 Å². The molecule has 1 fully saturated rings. The van der Waals surface area contributed by atoms with Gasteiger partial charge < -0.3 is 14.7 Å². The van der Waals surface area contributed by atoms with Gasteiger partial charge in [0.15, 0.2) is 11.6 Å². The van der Waals surface area contributed by atoms with E-state index in [0.717, 1.165) is 76.9 Å². The Kier molecular flexibility index (Phi) is 9.68. The molecule has 0 radical (unpaired) electrons. The van der Waals surface area contributed by atoms with E-state index in [1.165, 1.54) is 12.8 Å². The van der Waals surface area contributed by atoms with Crippen molar-refractivity contribution >= 4 is 28.2 Å². The maximum atomic E-state index is 13.7. The van der Waals surface area contributed by atoms with Crippen LogP contribution in [0.15, 0.2) is 35.1 Å². The molecule has 4 rings (SSSR count). The smallest absolute Gasteiger partial charge is 0.163 e. The van der Waals surface area contributed by atoms with Gasteiger partial charge in [0.05, 0.1) is 17.4 Å². The first-order chi connectivity index (χ1) is 19.0. The van der Waals surface area contributed by atoms with Gasteiger partial charge in [0.2, 0.25) is 0 Å². The third kappa shape index (κ3) is 6.41. The topological polar surface area (TPSA) is 61.7 Å². The van der Waals surface area contributed by atoms with Crippen LogP contribution >= 0.6 is 0 Å². The molecule has 0 atom stereocenters. The fourth-order valence-corrected chi connectivity index (χ4v) is 6.78. The van der Waals surface area contributed by atoms with Crippen LogP contribution in [0.3, 0.4) is 0 Å². The van der Waals surface area contributed by atoms with E-state index in [1.807, 2.05) is 37.8 Å². The van der Waals surface area contributed by atoms with Crippen LogP contribution in [0.5, 0.6) is 0 Å². The van der Waals surface area contributed by atoms with E-state index in [2.05, 4.69) is 60.9 Å². The van der Waals surface area contributed by atoms with E-state index in [1.54, 1.807) is 0 Å². The number of carbonyl (C=O) groups excluding carboxylic acids is 2. The molecular weight excluding hydrogens is 498 g/mol. The van der Waals surface area contributed by atoms with Crippen LogP contribution in [0.2, 0.25) is 0 Å². The van der Waals surface area contributed by atoms with Crippen LogP contribution in [0.4, 0.5) is 5.69 Å². The van der Waals surface area contributed by atoms with Gasteiger partial charge >= 0.3 is 0 Å². The van der Waals surface area contributed by atoms with Gasteiger partial charge in [-0.15, -0.1) is 0 Å². The van der Waals surface area contributed by atoms with Crippen LogP contribution in [0, 0.1) is 6.92 Å². The van der Waals surface area contributed by atoms with Crippen molar-refractivity contribution in [3.63, 3.8) is 0 Å². The van der Waals surface area contributed by atoms with Crippen LogP contribution in [-0.4, -0.2) is 84.0 Å². The number of aryl methyl sites for hydroxylation is 1. The van der Waals surface area contributed by atoms with Crippen molar-refractivity contribution < 1.29 is 9.59 Å². The highest BCUT2D eigenvalue weighted by atomic mass is 16.1. The zero-order valence-electron chi connectivity index (χ0n) is 26.0. The second kappa shape index (κ2) is 12.8. The summed E-state index contributed by atoms with van der Waals surface area (Å²) in [5, 5.41) is 5.70. The van der Waals surface area contributed by atoms with Crippen molar-refractivity contribution in [3.8, 4) is 0 Å². The van der Waals surface area contributed by atoms with E-state index in [9.17, 15) is 9.59 Å². The Morgan fingerprint density at radius 3 is 2.35 bits per heavy atom. The summed E-state index contributed by atoms with van der Waals surface area (Å²) in [6.45, 7) is 11.4. The molecule has 7 heteroatoms. The monoisotopic (exact) mass is 547 g/mol. The van der Waals surface area contributed by atoms with E-state index >= 15 is 0 Å². The molecule has 1 aromatic carbocycles. The zero-order chi connectivity index (χ0) is 29.1. The number of hydrogen-bond donors (Lipinski definition) is 0. The number of anilines is 1. The first-order valence-electron chi connectivity index (χ1n) is 15.0. The summed E-state index contributed by atoms with van der Waals surface area (Å²) in [5.41, 5.74) is 6.84. The fourth-order valence-electron chi connectivity index (χ4n) is 6.78. The number of hydrogen-bond acceptors (Lipinski definition) is 6. The van der Waals surface area contributed by atoms with E-state index in [0.29, 0.717) is 31.3 Å². The minimum absolute atomic E-state index is 0.100. The minimum Gasteiger partial charge on any atom is -0.368 e. The molecule has 0 N–H and O–H groups in total. The highest BCUT2D eigenvalue weighted by molar-refractivity contribution is 6.07. The largest absolute Gasteiger partial charge is 0.368 e. The summed E-state index contributed by atoms with van der Waals surface area (Å²) >= 11 is 0. The lowest BCUT2D eigenvalue weighted by Crippen LogP contribution is -2.44. The molecule has 0 bridgehead atoms. The van der Waals surface area contributed by atoms with Gasteiger partial charge in [-0.25, -0.2) is 0 Å².